The van der Waals surface area contributed by atoms with Gasteiger partial charge >= 0.3 is 5.97 Å². The Balaban J connectivity index is 1.82. The first-order valence-corrected chi connectivity index (χ1v) is 8.03. The van der Waals surface area contributed by atoms with Crippen molar-refractivity contribution in [2.45, 2.75) is 6.54 Å². The summed E-state index contributed by atoms with van der Waals surface area (Å²) in [6, 6.07) is 9.98. The largest absolute Gasteiger partial charge is 0.452 e. The van der Waals surface area contributed by atoms with Crippen molar-refractivity contribution in [3.8, 4) is 0 Å². The van der Waals surface area contributed by atoms with Crippen molar-refractivity contribution < 1.29 is 23.6 Å². The number of nitrogens with zero attached hydrogens (tertiary/aromatic N) is 1. The molecule has 0 aromatic heterocycles. The van der Waals surface area contributed by atoms with E-state index in [0.717, 1.165) is 6.08 Å². The second kappa shape index (κ2) is 9.44. The summed E-state index contributed by atoms with van der Waals surface area (Å²) >= 11 is 5.70. The normalized spacial score (nSPS) is 10.6. The summed E-state index contributed by atoms with van der Waals surface area (Å²) in [6.45, 7) is -0.578. The molecule has 140 valence electrons. The number of nitro groups is 1. The van der Waals surface area contributed by atoms with Crippen LogP contribution < -0.4 is 5.32 Å². The number of nitro benzene ring substituents is 1. The third-order valence-electron chi connectivity index (χ3n) is 3.36. The molecule has 0 spiro atoms. The van der Waals surface area contributed by atoms with Gasteiger partial charge in [-0.2, -0.15) is 0 Å². The van der Waals surface area contributed by atoms with Crippen molar-refractivity contribution in [3.63, 3.8) is 0 Å². The Labute approximate surface area is 158 Å². The molecule has 0 heterocycles. The highest BCUT2D eigenvalue weighted by molar-refractivity contribution is 6.32. The van der Waals surface area contributed by atoms with Gasteiger partial charge in [0, 0.05) is 24.3 Å². The number of nitrogens with one attached hydrogen (secondary N) is 1. The average molecular weight is 393 g/mol. The summed E-state index contributed by atoms with van der Waals surface area (Å²) in [5.74, 6) is -1.86. The van der Waals surface area contributed by atoms with E-state index in [1.54, 1.807) is 6.07 Å². The van der Waals surface area contributed by atoms with E-state index in [2.05, 4.69) is 5.32 Å². The molecule has 0 fully saturated rings. The maximum Gasteiger partial charge on any atom is 0.331 e. The molecule has 0 atom stereocenters. The number of rotatable bonds is 7. The molecule has 0 unspecified atom stereocenters. The van der Waals surface area contributed by atoms with Crippen LogP contribution in [0.5, 0.6) is 0 Å². The predicted octanol–water partition coefficient (Wildman–Crippen LogP) is 3.26. The third-order valence-corrected chi connectivity index (χ3v) is 3.68. The first-order valence-electron chi connectivity index (χ1n) is 7.65. The monoisotopic (exact) mass is 392 g/mol. The van der Waals surface area contributed by atoms with E-state index in [-0.39, 0.29) is 17.3 Å². The smallest absolute Gasteiger partial charge is 0.331 e. The van der Waals surface area contributed by atoms with Crippen LogP contribution in [0.15, 0.2) is 48.5 Å². The van der Waals surface area contributed by atoms with E-state index in [4.69, 9.17) is 16.3 Å². The molecule has 9 heteroatoms. The minimum absolute atomic E-state index is 0.0220. The molecule has 2 aromatic rings. The molecule has 0 saturated carbocycles. The minimum atomic E-state index is -0.811. The van der Waals surface area contributed by atoms with E-state index in [1.165, 1.54) is 42.5 Å². The minimum Gasteiger partial charge on any atom is -0.452 e. The Bertz CT molecular complexity index is 901. The molecule has 1 amide bonds. The lowest BCUT2D eigenvalue weighted by Crippen LogP contribution is -2.28. The van der Waals surface area contributed by atoms with Gasteiger partial charge in [-0.25, -0.2) is 9.18 Å². The van der Waals surface area contributed by atoms with Crippen LogP contribution >= 0.6 is 11.6 Å². The molecule has 0 aliphatic carbocycles. The first-order chi connectivity index (χ1) is 12.9. The van der Waals surface area contributed by atoms with Crippen molar-refractivity contribution in [1.29, 1.82) is 0 Å². The van der Waals surface area contributed by atoms with Crippen molar-refractivity contribution in [1.82, 2.24) is 5.32 Å². The van der Waals surface area contributed by atoms with Gasteiger partial charge in [-0.1, -0.05) is 35.9 Å². The molecular formula is C18H14ClFN2O5. The Kier molecular flexibility index (Phi) is 7.01. The predicted molar refractivity (Wildman–Crippen MR) is 96.3 cm³/mol. The highest BCUT2D eigenvalue weighted by Crippen LogP contribution is 2.25. The molecule has 7 nitrogen and oxygen atoms in total. The summed E-state index contributed by atoms with van der Waals surface area (Å²) in [4.78, 5) is 33.4. The second-order valence-electron chi connectivity index (χ2n) is 5.28. The van der Waals surface area contributed by atoms with Crippen LogP contribution in [-0.4, -0.2) is 23.4 Å². The fourth-order valence-electron chi connectivity index (χ4n) is 2.01. The van der Waals surface area contributed by atoms with Gasteiger partial charge in [0.1, 0.15) is 10.8 Å². The number of ether oxygens (including phenoxy) is 1. The van der Waals surface area contributed by atoms with Crippen molar-refractivity contribution in [2.24, 2.45) is 0 Å². The molecular weight excluding hydrogens is 379 g/mol. The summed E-state index contributed by atoms with van der Waals surface area (Å²) in [5.41, 5.74) is 0.383. The Morgan fingerprint density at radius 3 is 2.70 bits per heavy atom. The lowest BCUT2D eigenvalue weighted by Gasteiger charge is -2.06. The Morgan fingerprint density at radius 1 is 1.26 bits per heavy atom. The Morgan fingerprint density at radius 2 is 2.00 bits per heavy atom. The number of amides is 1. The quantitative estimate of drug-likeness (QED) is 0.337. The van der Waals surface area contributed by atoms with Gasteiger partial charge in [-0.15, -0.1) is 0 Å². The maximum absolute atomic E-state index is 13.4. The fraction of sp³-hybridized carbons (Fsp3) is 0.111. The van der Waals surface area contributed by atoms with Gasteiger partial charge in [0.15, 0.2) is 6.61 Å². The van der Waals surface area contributed by atoms with Gasteiger partial charge in [-0.3, -0.25) is 14.9 Å². The summed E-state index contributed by atoms with van der Waals surface area (Å²) in [7, 11) is 0. The van der Waals surface area contributed by atoms with E-state index in [0.29, 0.717) is 11.1 Å². The lowest BCUT2D eigenvalue weighted by atomic mass is 10.2. The first kappa shape index (κ1) is 20.1. The standard InChI is InChI=1S/C18H14ClFN2O5/c19-14-7-5-12(9-16(14)22(25)26)6-8-18(24)27-11-17(23)21-10-13-3-1-2-4-15(13)20/h1-9H,10-11H2,(H,21,23)/b8-6+. The average Bonchev–Trinajstić information content (AvgIpc) is 2.64. The van der Waals surface area contributed by atoms with Crippen LogP contribution in [0.25, 0.3) is 6.08 Å². The second-order valence-corrected chi connectivity index (χ2v) is 5.68. The molecule has 1 N–H and O–H groups in total. The number of carbonyl (C=O) groups excluding carboxylic acids is 2. The van der Waals surface area contributed by atoms with Crippen LogP contribution in [0, 0.1) is 15.9 Å². The highest BCUT2D eigenvalue weighted by Gasteiger charge is 2.12. The molecule has 0 saturated heterocycles. The molecule has 0 aliphatic rings. The summed E-state index contributed by atoms with van der Waals surface area (Å²) in [5, 5.41) is 13.2. The Hall–Kier alpha value is -3.26. The van der Waals surface area contributed by atoms with E-state index >= 15 is 0 Å². The number of esters is 1. The van der Waals surface area contributed by atoms with E-state index in [9.17, 15) is 24.1 Å². The van der Waals surface area contributed by atoms with Gasteiger partial charge < -0.3 is 10.1 Å². The maximum atomic E-state index is 13.4. The molecule has 0 radical (unpaired) electrons. The van der Waals surface area contributed by atoms with Crippen molar-refractivity contribution in [2.75, 3.05) is 6.61 Å². The van der Waals surface area contributed by atoms with Crippen molar-refractivity contribution in [3.05, 3.63) is 80.6 Å². The summed E-state index contributed by atoms with van der Waals surface area (Å²) < 4.78 is 18.2. The van der Waals surface area contributed by atoms with Gasteiger partial charge in [0.2, 0.25) is 0 Å². The highest BCUT2D eigenvalue weighted by atomic mass is 35.5. The van der Waals surface area contributed by atoms with Crippen LogP contribution in [0.4, 0.5) is 10.1 Å². The molecule has 2 rings (SSSR count). The molecule has 0 aliphatic heterocycles. The SMILES string of the molecule is O=C(COC(=O)/C=C/c1ccc(Cl)c([N+](=O)[O-])c1)NCc1ccccc1F. The molecule has 0 bridgehead atoms. The summed E-state index contributed by atoms with van der Waals surface area (Å²) in [6.07, 6.45) is 2.32. The molecule has 2 aromatic carbocycles. The van der Waals surface area contributed by atoms with Gasteiger partial charge in [-0.05, 0) is 23.8 Å². The number of hydrogen-bond acceptors (Lipinski definition) is 5. The van der Waals surface area contributed by atoms with Crippen LogP contribution in [0.3, 0.4) is 0 Å². The van der Waals surface area contributed by atoms with Crippen LogP contribution in [0.2, 0.25) is 5.02 Å². The number of hydrogen-bond donors (Lipinski definition) is 1. The number of benzene rings is 2. The van der Waals surface area contributed by atoms with E-state index < -0.39 is 29.2 Å². The topological polar surface area (TPSA) is 98.5 Å². The zero-order chi connectivity index (χ0) is 19.8. The van der Waals surface area contributed by atoms with Crippen molar-refractivity contribution >= 4 is 35.2 Å². The van der Waals surface area contributed by atoms with Crippen LogP contribution in [-0.2, 0) is 20.9 Å². The van der Waals surface area contributed by atoms with Gasteiger partial charge in [0.05, 0.1) is 4.92 Å². The molecule has 27 heavy (non-hydrogen) atoms. The number of halogens is 2. The third kappa shape index (κ3) is 6.19. The van der Waals surface area contributed by atoms with E-state index in [1.807, 2.05) is 0 Å². The zero-order valence-corrected chi connectivity index (χ0v) is 14.6. The van der Waals surface area contributed by atoms with Crippen LogP contribution in [0.1, 0.15) is 11.1 Å². The lowest BCUT2D eigenvalue weighted by molar-refractivity contribution is -0.384. The van der Waals surface area contributed by atoms with Gasteiger partial charge in [0.25, 0.3) is 11.6 Å². The zero-order valence-electron chi connectivity index (χ0n) is 13.9. The fourth-order valence-corrected chi connectivity index (χ4v) is 2.20. The number of carbonyl (C=O) groups is 2.